The van der Waals surface area contributed by atoms with Crippen molar-refractivity contribution in [2.75, 3.05) is 7.11 Å². The average Bonchev–Trinajstić information content (AvgIpc) is 3.09. The Hall–Kier alpha value is -3.22. The number of carbonyl (C=O) groups is 1. The summed E-state index contributed by atoms with van der Waals surface area (Å²) < 4.78 is 5.14. The lowest BCUT2D eigenvalue weighted by Gasteiger charge is -2.04. The van der Waals surface area contributed by atoms with Crippen molar-refractivity contribution in [2.45, 2.75) is 20.4 Å². The molecule has 0 unspecified atom stereocenters. The molecule has 3 aromatic rings. The number of benzene rings is 1. The quantitative estimate of drug-likeness (QED) is 0.746. The van der Waals surface area contributed by atoms with Gasteiger partial charge in [-0.2, -0.15) is 5.10 Å². The highest BCUT2D eigenvalue weighted by molar-refractivity contribution is 5.93. The molecule has 1 aromatic carbocycles. The van der Waals surface area contributed by atoms with Crippen LogP contribution in [0.15, 0.2) is 36.4 Å². The molecule has 0 spiro atoms. The van der Waals surface area contributed by atoms with Crippen LogP contribution in [0.1, 0.15) is 27.7 Å². The second-order valence-electron chi connectivity index (χ2n) is 5.64. The summed E-state index contributed by atoms with van der Waals surface area (Å²) in [4.78, 5) is 20.9. The Morgan fingerprint density at radius 1 is 1.12 bits per heavy atom. The van der Waals surface area contributed by atoms with Gasteiger partial charge in [0.15, 0.2) is 0 Å². The maximum absolute atomic E-state index is 12.3. The maximum Gasteiger partial charge on any atom is 0.269 e. The Kier molecular flexibility index (Phi) is 4.74. The summed E-state index contributed by atoms with van der Waals surface area (Å²) in [6, 6.07) is 11.1. The van der Waals surface area contributed by atoms with Crippen LogP contribution in [0.2, 0.25) is 0 Å². The van der Waals surface area contributed by atoms with E-state index in [9.17, 15) is 4.79 Å². The van der Waals surface area contributed by atoms with Gasteiger partial charge in [0.2, 0.25) is 0 Å². The largest absolute Gasteiger partial charge is 0.497 e. The van der Waals surface area contributed by atoms with Crippen molar-refractivity contribution in [3.8, 4) is 17.0 Å². The Bertz CT molecular complexity index is 866. The summed E-state index contributed by atoms with van der Waals surface area (Å²) in [5.41, 5.74) is 3.72. The predicted octanol–water partition coefficient (Wildman–Crippen LogP) is 2.42. The number of ether oxygens (including phenoxy) is 1. The molecule has 2 aromatic heterocycles. The van der Waals surface area contributed by atoms with Gasteiger partial charge >= 0.3 is 0 Å². The molecule has 2 heterocycles. The molecule has 7 heteroatoms. The van der Waals surface area contributed by atoms with Gasteiger partial charge < -0.3 is 10.1 Å². The van der Waals surface area contributed by atoms with Gasteiger partial charge in [-0.15, -0.1) is 0 Å². The third-order valence-corrected chi connectivity index (χ3v) is 3.64. The van der Waals surface area contributed by atoms with Gasteiger partial charge in [0.25, 0.3) is 5.91 Å². The summed E-state index contributed by atoms with van der Waals surface area (Å²) >= 11 is 0. The zero-order chi connectivity index (χ0) is 17.8. The number of aromatic nitrogens is 4. The molecule has 7 nitrogen and oxygen atoms in total. The van der Waals surface area contributed by atoms with E-state index in [1.807, 2.05) is 44.2 Å². The van der Waals surface area contributed by atoms with E-state index in [2.05, 4.69) is 25.5 Å². The van der Waals surface area contributed by atoms with E-state index < -0.39 is 0 Å². The fourth-order valence-electron chi connectivity index (χ4n) is 2.48. The van der Waals surface area contributed by atoms with E-state index >= 15 is 0 Å². The molecule has 0 aliphatic rings. The first-order valence-corrected chi connectivity index (χ1v) is 7.84. The Labute approximate surface area is 145 Å². The number of aromatic amines is 1. The smallest absolute Gasteiger partial charge is 0.269 e. The number of rotatable bonds is 5. The third-order valence-electron chi connectivity index (χ3n) is 3.64. The molecule has 2 N–H and O–H groups in total. The first kappa shape index (κ1) is 16.6. The van der Waals surface area contributed by atoms with E-state index in [0.29, 0.717) is 17.2 Å². The van der Waals surface area contributed by atoms with Crippen molar-refractivity contribution in [3.05, 3.63) is 59.3 Å². The van der Waals surface area contributed by atoms with E-state index in [1.165, 1.54) is 0 Å². The number of hydrogen-bond acceptors (Lipinski definition) is 5. The molecule has 0 fully saturated rings. The van der Waals surface area contributed by atoms with Gasteiger partial charge in [-0.05, 0) is 50.2 Å². The number of carbonyl (C=O) groups excluding carboxylic acids is 1. The number of methoxy groups -OCH3 is 1. The van der Waals surface area contributed by atoms with E-state index in [1.54, 1.807) is 13.2 Å². The Morgan fingerprint density at radius 3 is 2.44 bits per heavy atom. The summed E-state index contributed by atoms with van der Waals surface area (Å²) in [6.07, 6.45) is 0. The summed E-state index contributed by atoms with van der Waals surface area (Å²) in [7, 11) is 1.62. The van der Waals surface area contributed by atoms with E-state index in [0.717, 1.165) is 22.7 Å². The topological polar surface area (TPSA) is 92.8 Å². The fourth-order valence-corrected chi connectivity index (χ4v) is 2.48. The molecule has 128 valence electrons. The molecule has 0 aliphatic heterocycles. The number of H-pyrrole nitrogens is 1. The van der Waals surface area contributed by atoms with Crippen LogP contribution in [-0.4, -0.2) is 33.2 Å². The molecule has 0 radical (unpaired) electrons. The molecule has 25 heavy (non-hydrogen) atoms. The molecule has 1 amide bonds. The summed E-state index contributed by atoms with van der Waals surface area (Å²) in [5.74, 6) is 1.10. The van der Waals surface area contributed by atoms with E-state index in [-0.39, 0.29) is 12.5 Å². The zero-order valence-electron chi connectivity index (χ0n) is 14.3. The van der Waals surface area contributed by atoms with Crippen molar-refractivity contribution < 1.29 is 9.53 Å². The lowest BCUT2D eigenvalue weighted by Crippen LogP contribution is -2.24. The van der Waals surface area contributed by atoms with Crippen LogP contribution in [0.3, 0.4) is 0 Å². The van der Waals surface area contributed by atoms with Crippen LogP contribution in [-0.2, 0) is 6.54 Å². The van der Waals surface area contributed by atoms with Gasteiger partial charge in [0.05, 0.1) is 19.3 Å². The molecular formula is C18H19N5O2. The number of amides is 1. The molecule has 0 saturated heterocycles. The van der Waals surface area contributed by atoms with Crippen molar-refractivity contribution in [1.29, 1.82) is 0 Å². The van der Waals surface area contributed by atoms with Crippen LogP contribution < -0.4 is 10.1 Å². The van der Waals surface area contributed by atoms with Gasteiger partial charge in [-0.3, -0.25) is 9.89 Å². The lowest BCUT2D eigenvalue weighted by atomic mass is 10.1. The lowest BCUT2D eigenvalue weighted by molar-refractivity contribution is 0.0944. The van der Waals surface area contributed by atoms with Crippen LogP contribution in [0.25, 0.3) is 11.3 Å². The summed E-state index contributed by atoms with van der Waals surface area (Å²) in [5, 5.41) is 9.74. The second-order valence-corrected chi connectivity index (χ2v) is 5.64. The van der Waals surface area contributed by atoms with Crippen molar-refractivity contribution in [2.24, 2.45) is 0 Å². The molecule has 0 saturated carbocycles. The fraction of sp³-hybridized carbons (Fsp3) is 0.222. The van der Waals surface area contributed by atoms with E-state index in [4.69, 9.17) is 4.74 Å². The summed E-state index contributed by atoms with van der Waals surface area (Å²) in [6.45, 7) is 4.06. The van der Waals surface area contributed by atoms with Crippen LogP contribution >= 0.6 is 0 Å². The van der Waals surface area contributed by atoms with Crippen molar-refractivity contribution in [3.63, 3.8) is 0 Å². The minimum Gasteiger partial charge on any atom is -0.497 e. The number of nitrogens with zero attached hydrogens (tertiary/aromatic N) is 3. The third kappa shape index (κ3) is 4.00. The minimum atomic E-state index is -0.255. The highest BCUT2D eigenvalue weighted by Crippen LogP contribution is 2.21. The molecule has 0 aliphatic carbocycles. The molecule has 3 rings (SSSR count). The highest BCUT2D eigenvalue weighted by Gasteiger charge is 2.12. The SMILES string of the molecule is COc1ccc(-c2cc(C(=O)NCc3nc(C)cc(C)n3)[nH]n2)cc1. The Balaban J connectivity index is 1.67. The molecular weight excluding hydrogens is 318 g/mol. The van der Waals surface area contributed by atoms with Crippen molar-refractivity contribution in [1.82, 2.24) is 25.5 Å². The average molecular weight is 337 g/mol. The molecule has 0 bridgehead atoms. The van der Waals surface area contributed by atoms with Gasteiger partial charge in [0, 0.05) is 17.0 Å². The first-order chi connectivity index (χ1) is 12.0. The monoisotopic (exact) mass is 337 g/mol. The first-order valence-electron chi connectivity index (χ1n) is 7.84. The van der Waals surface area contributed by atoms with Crippen LogP contribution in [0.5, 0.6) is 5.75 Å². The standard InChI is InChI=1S/C18H19N5O2/c1-11-8-12(2)21-17(20-11)10-19-18(24)16-9-15(22-23-16)13-4-6-14(25-3)7-5-13/h4-9H,10H2,1-3H3,(H,19,24)(H,22,23). The maximum atomic E-state index is 12.3. The van der Waals surface area contributed by atoms with Crippen molar-refractivity contribution >= 4 is 5.91 Å². The highest BCUT2D eigenvalue weighted by atomic mass is 16.5. The zero-order valence-corrected chi connectivity index (χ0v) is 14.3. The molecule has 0 atom stereocenters. The normalized spacial score (nSPS) is 10.5. The van der Waals surface area contributed by atoms with Gasteiger partial charge in [-0.25, -0.2) is 9.97 Å². The van der Waals surface area contributed by atoms with Crippen LogP contribution in [0.4, 0.5) is 0 Å². The van der Waals surface area contributed by atoms with Crippen LogP contribution in [0, 0.1) is 13.8 Å². The van der Waals surface area contributed by atoms with Gasteiger partial charge in [-0.1, -0.05) is 0 Å². The predicted molar refractivity (Wildman–Crippen MR) is 93.3 cm³/mol. The minimum absolute atomic E-state index is 0.255. The number of nitrogens with one attached hydrogen (secondary N) is 2. The number of aryl methyl sites for hydroxylation is 2. The number of hydrogen-bond donors (Lipinski definition) is 2. The Morgan fingerprint density at radius 2 is 1.80 bits per heavy atom. The van der Waals surface area contributed by atoms with Gasteiger partial charge in [0.1, 0.15) is 17.3 Å². The second kappa shape index (κ2) is 7.12.